The van der Waals surface area contributed by atoms with E-state index in [4.69, 9.17) is 18.9 Å². The predicted molar refractivity (Wildman–Crippen MR) is 88.7 cm³/mol. The van der Waals surface area contributed by atoms with Crippen molar-refractivity contribution >= 4 is 11.9 Å². The molecule has 2 heterocycles. The first-order valence-corrected chi connectivity index (χ1v) is 8.76. The van der Waals surface area contributed by atoms with E-state index in [2.05, 4.69) is 5.32 Å². The van der Waals surface area contributed by atoms with Crippen LogP contribution in [0.4, 0.5) is 0 Å². The molecule has 2 aliphatic rings. The van der Waals surface area contributed by atoms with E-state index in [1.165, 1.54) is 14.0 Å². The maximum atomic E-state index is 11.6. The van der Waals surface area contributed by atoms with E-state index in [0.717, 1.165) is 0 Å². The molecule has 12 nitrogen and oxygen atoms in total. The zero-order valence-corrected chi connectivity index (χ0v) is 15.7. The molecule has 2 rings (SSSR count). The minimum atomic E-state index is -1.71. The van der Waals surface area contributed by atoms with Crippen molar-refractivity contribution in [3.63, 3.8) is 0 Å². The van der Waals surface area contributed by atoms with Crippen molar-refractivity contribution < 1.29 is 54.1 Å². The molecule has 1 amide bonds. The lowest BCUT2D eigenvalue weighted by molar-refractivity contribution is -0.335. The molecule has 2 fully saturated rings. The number of ether oxygens (including phenoxy) is 4. The van der Waals surface area contributed by atoms with Gasteiger partial charge >= 0.3 is 5.97 Å². The van der Waals surface area contributed by atoms with E-state index in [1.807, 2.05) is 0 Å². The van der Waals surface area contributed by atoms with Crippen LogP contribution < -0.4 is 5.32 Å². The summed E-state index contributed by atoms with van der Waals surface area (Å²) in [6, 6.07) is -0.922. The Hall–Kier alpha value is -1.38. The molecule has 0 aromatic heterocycles. The van der Waals surface area contributed by atoms with Gasteiger partial charge in [0.1, 0.15) is 24.4 Å². The average molecular weight is 409 g/mol. The molecule has 0 aliphatic carbocycles. The highest BCUT2D eigenvalue weighted by atomic mass is 16.7. The number of aliphatic hydroxyl groups excluding tert-OH is 4. The Balaban J connectivity index is 2.28. The van der Waals surface area contributed by atoms with Gasteiger partial charge in [0, 0.05) is 20.0 Å². The van der Waals surface area contributed by atoms with Crippen LogP contribution in [0, 0.1) is 5.92 Å². The first-order chi connectivity index (χ1) is 13.1. The summed E-state index contributed by atoms with van der Waals surface area (Å²) in [5.74, 6) is -2.57. The van der Waals surface area contributed by atoms with Crippen LogP contribution in [0.5, 0.6) is 0 Å². The van der Waals surface area contributed by atoms with Gasteiger partial charge in [0.2, 0.25) is 5.91 Å². The first-order valence-electron chi connectivity index (χ1n) is 8.76. The molecule has 0 radical (unpaired) electrons. The first kappa shape index (κ1) is 22.9. The van der Waals surface area contributed by atoms with Crippen LogP contribution in [0.3, 0.4) is 0 Å². The van der Waals surface area contributed by atoms with Crippen LogP contribution in [0.1, 0.15) is 13.8 Å². The number of aliphatic carboxylic acids is 1. The van der Waals surface area contributed by atoms with Gasteiger partial charge in [0.05, 0.1) is 18.8 Å². The van der Waals surface area contributed by atoms with Gasteiger partial charge in [-0.25, -0.2) is 4.79 Å². The van der Waals surface area contributed by atoms with Crippen LogP contribution in [0.2, 0.25) is 0 Å². The molecule has 2 saturated heterocycles. The third-order valence-corrected chi connectivity index (χ3v) is 4.95. The molecule has 0 aromatic carbocycles. The summed E-state index contributed by atoms with van der Waals surface area (Å²) in [6.45, 7) is 2.27. The van der Waals surface area contributed by atoms with E-state index in [9.17, 15) is 35.1 Å². The number of aliphatic hydroxyl groups is 4. The Kier molecular flexibility index (Phi) is 7.70. The summed E-state index contributed by atoms with van der Waals surface area (Å²) in [6.07, 6.45) is -11.5. The number of methoxy groups -OCH3 is 1. The molecule has 0 saturated carbocycles. The lowest BCUT2D eigenvalue weighted by Gasteiger charge is -2.47. The quantitative estimate of drug-likeness (QED) is 0.259. The topological polar surface area (TPSA) is 184 Å². The molecule has 0 bridgehead atoms. The van der Waals surface area contributed by atoms with Gasteiger partial charge in [-0.2, -0.15) is 0 Å². The summed E-state index contributed by atoms with van der Waals surface area (Å²) >= 11 is 0. The van der Waals surface area contributed by atoms with Crippen LogP contribution >= 0.6 is 0 Å². The molecule has 0 spiro atoms. The van der Waals surface area contributed by atoms with Gasteiger partial charge < -0.3 is 49.8 Å². The van der Waals surface area contributed by atoms with Gasteiger partial charge in [-0.1, -0.05) is 6.92 Å². The number of hydrogen-bond donors (Lipinski definition) is 6. The number of hydrogen-bond acceptors (Lipinski definition) is 10. The minimum Gasteiger partial charge on any atom is -0.479 e. The monoisotopic (exact) mass is 409 g/mol. The van der Waals surface area contributed by atoms with Crippen molar-refractivity contribution in [1.82, 2.24) is 5.32 Å². The predicted octanol–water partition coefficient (Wildman–Crippen LogP) is -3.23. The zero-order chi connectivity index (χ0) is 21.2. The average Bonchev–Trinajstić information content (AvgIpc) is 2.64. The van der Waals surface area contributed by atoms with Gasteiger partial charge in [-0.15, -0.1) is 0 Å². The molecule has 6 unspecified atom stereocenters. The summed E-state index contributed by atoms with van der Waals surface area (Å²) < 4.78 is 21.1. The summed E-state index contributed by atoms with van der Waals surface area (Å²) in [7, 11) is 1.17. The Bertz CT molecular complexity index is 561. The van der Waals surface area contributed by atoms with Crippen molar-refractivity contribution in [2.75, 3.05) is 13.7 Å². The van der Waals surface area contributed by atoms with Crippen molar-refractivity contribution in [3.8, 4) is 0 Å². The molecule has 28 heavy (non-hydrogen) atoms. The van der Waals surface area contributed by atoms with Crippen LogP contribution in [-0.2, 0) is 28.5 Å². The highest BCUT2D eigenvalue weighted by molar-refractivity contribution is 5.74. The fourth-order valence-corrected chi connectivity index (χ4v) is 3.38. The van der Waals surface area contributed by atoms with Gasteiger partial charge in [-0.3, -0.25) is 4.79 Å². The van der Waals surface area contributed by atoms with Gasteiger partial charge in [0.15, 0.2) is 18.7 Å². The number of nitrogens with one attached hydrogen (secondary N) is 1. The van der Waals surface area contributed by atoms with E-state index in [1.54, 1.807) is 6.92 Å². The van der Waals surface area contributed by atoms with Crippen molar-refractivity contribution in [2.45, 2.75) is 69.1 Å². The Morgan fingerprint density at radius 1 is 1.07 bits per heavy atom. The second kappa shape index (κ2) is 9.41. The third-order valence-electron chi connectivity index (χ3n) is 4.95. The molecule has 12 heteroatoms. The molecule has 2 aliphatic heterocycles. The SMILES string of the molecule is COC1O[C@@H](C(=O)O)[C@@H](OC2OC(CO)C(O)[C@H](C)[C@@H]2NC(C)=O)C(O)C1O. The second-order valence-corrected chi connectivity index (χ2v) is 6.88. The molecular weight excluding hydrogens is 382 g/mol. The zero-order valence-electron chi connectivity index (χ0n) is 15.7. The summed E-state index contributed by atoms with van der Waals surface area (Å²) in [4.78, 5) is 23.1. The van der Waals surface area contributed by atoms with Crippen LogP contribution in [0.15, 0.2) is 0 Å². The third kappa shape index (κ3) is 4.60. The number of carbonyl (C=O) groups is 2. The summed E-state index contributed by atoms with van der Waals surface area (Å²) in [5.41, 5.74) is 0. The van der Waals surface area contributed by atoms with Gasteiger partial charge in [0.25, 0.3) is 0 Å². The number of rotatable bonds is 6. The fourth-order valence-electron chi connectivity index (χ4n) is 3.38. The highest BCUT2D eigenvalue weighted by Crippen LogP contribution is 2.31. The largest absolute Gasteiger partial charge is 0.479 e. The van der Waals surface area contributed by atoms with E-state index < -0.39 is 79.6 Å². The lowest BCUT2D eigenvalue weighted by atomic mass is 9.88. The highest BCUT2D eigenvalue weighted by Gasteiger charge is 2.52. The van der Waals surface area contributed by atoms with Crippen LogP contribution in [0.25, 0.3) is 0 Å². The van der Waals surface area contributed by atoms with Crippen molar-refractivity contribution in [1.29, 1.82) is 0 Å². The second-order valence-electron chi connectivity index (χ2n) is 6.88. The van der Waals surface area contributed by atoms with Crippen molar-refractivity contribution in [2.24, 2.45) is 5.92 Å². The van der Waals surface area contributed by atoms with E-state index in [-0.39, 0.29) is 0 Å². The number of carbonyl (C=O) groups excluding carboxylic acids is 1. The Morgan fingerprint density at radius 3 is 2.21 bits per heavy atom. The van der Waals surface area contributed by atoms with Crippen molar-refractivity contribution in [3.05, 3.63) is 0 Å². The summed E-state index contributed by atoms with van der Waals surface area (Å²) in [5, 5.41) is 52.0. The maximum Gasteiger partial charge on any atom is 0.335 e. The molecule has 6 N–H and O–H groups in total. The molecular formula is C16H27NO11. The lowest BCUT2D eigenvalue weighted by Crippen LogP contribution is -2.66. The number of carboxylic acid groups (broad SMARTS) is 1. The van der Waals surface area contributed by atoms with Crippen LogP contribution in [-0.4, -0.2) is 106 Å². The standard InChI is InChI=1S/C16H27NO11/c1-5-8(17-6(2)19)15(26-7(4-18)9(5)20)27-12-10(21)11(22)16(25-3)28-13(12)14(23)24/h5,7-13,15-16,18,20-22H,4H2,1-3H3,(H,17,19)(H,23,24)/t5-,7?,8+,9?,10?,11?,12+,13-,15?,16?/m1/s1. The Labute approximate surface area is 160 Å². The van der Waals surface area contributed by atoms with E-state index >= 15 is 0 Å². The van der Waals surface area contributed by atoms with Gasteiger partial charge in [-0.05, 0) is 0 Å². The molecule has 10 atom stereocenters. The number of amides is 1. The smallest absolute Gasteiger partial charge is 0.335 e. The minimum absolute atomic E-state index is 0.460. The van der Waals surface area contributed by atoms with E-state index in [0.29, 0.717) is 0 Å². The normalized spacial score (nSPS) is 44.1. The maximum absolute atomic E-state index is 11.6. The molecule has 162 valence electrons. The fraction of sp³-hybridized carbons (Fsp3) is 0.875. The molecule has 0 aromatic rings. The Morgan fingerprint density at radius 2 is 1.71 bits per heavy atom. The number of carboxylic acids is 1.